The minimum atomic E-state index is -1.33. The second-order valence-electron chi connectivity index (χ2n) is 10.7. The number of carbonyl (C=O) groups excluding carboxylic acids is 3. The van der Waals surface area contributed by atoms with E-state index in [1.54, 1.807) is 27.7 Å². The first-order valence-electron chi connectivity index (χ1n) is 12.1. The molecule has 0 bridgehead atoms. The van der Waals surface area contributed by atoms with Gasteiger partial charge in [0.1, 0.15) is 41.3 Å². The predicted molar refractivity (Wildman–Crippen MR) is 143 cm³/mol. The van der Waals surface area contributed by atoms with Crippen LogP contribution in [0, 0.1) is 0 Å². The van der Waals surface area contributed by atoms with Crippen LogP contribution in [0.5, 0.6) is 5.75 Å². The number of β-lactam (4-membered cyclic amide) rings is 1. The molecule has 15 heteroatoms. The van der Waals surface area contributed by atoms with E-state index in [1.165, 1.54) is 40.9 Å². The van der Waals surface area contributed by atoms with Crippen molar-refractivity contribution in [2.75, 3.05) is 0 Å². The lowest BCUT2D eigenvalue weighted by Gasteiger charge is -2.44. The smallest absolute Gasteiger partial charge is 0.327 e. The number of aromatic hydroxyl groups is 1. The Kier molecular flexibility index (Phi) is 7.57. The molecular weight excluding hydrogens is 550 g/mol. The number of carboxylic acids is 2. The van der Waals surface area contributed by atoms with Crippen LogP contribution in [0.4, 0.5) is 0 Å². The average molecular weight is 582 g/mol. The van der Waals surface area contributed by atoms with Crippen LogP contribution in [0.15, 0.2) is 24.3 Å². The Hall–Kier alpha value is -3.01. The molecule has 1 unspecified atom stereocenters. The molecule has 7 atom stereocenters. The van der Waals surface area contributed by atoms with E-state index < -0.39 is 80.1 Å². The quantitative estimate of drug-likeness (QED) is 0.192. The zero-order valence-corrected chi connectivity index (χ0v) is 23.2. The molecular formula is C24H31N5O8S2. The van der Waals surface area contributed by atoms with Crippen molar-refractivity contribution in [3.8, 4) is 5.75 Å². The van der Waals surface area contributed by atoms with Gasteiger partial charge in [0.15, 0.2) is 0 Å². The number of nitrogens with one attached hydrogen (secondary N) is 3. The molecule has 3 fully saturated rings. The van der Waals surface area contributed by atoms with Crippen molar-refractivity contribution in [3.63, 3.8) is 0 Å². The maximum atomic E-state index is 13.6. The highest BCUT2D eigenvalue weighted by Crippen LogP contribution is 2.51. The number of amides is 3. The van der Waals surface area contributed by atoms with Crippen molar-refractivity contribution < 1.29 is 39.3 Å². The predicted octanol–water partition coefficient (Wildman–Crippen LogP) is -0.597. The monoisotopic (exact) mass is 581 g/mol. The molecule has 0 radical (unpaired) electrons. The summed E-state index contributed by atoms with van der Waals surface area (Å²) in [6.07, 6.45) is 0. The number of carboxylic acid groups (broad SMARTS) is 2. The molecule has 3 heterocycles. The van der Waals surface area contributed by atoms with Crippen LogP contribution in [-0.4, -0.2) is 94.3 Å². The molecule has 3 saturated heterocycles. The summed E-state index contributed by atoms with van der Waals surface area (Å²) in [6, 6.07) is -0.0123. The number of aliphatic carboxylic acids is 2. The third kappa shape index (κ3) is 5.27. The van der Waals surface area contributed by atoms with Crippen LogP contribution in [0.2, 0.25) is 0 Å². The number of phenolic OH excluding ortho intramolecular Hbond substituents is 1. The average Bonchev–Trinajstić information content (AvgIpc) is 3.30. The summed E-state index contributed by atoms with van der Waals surface area (Å²) in [6.45, 7) is 6.81. The molecule has 8 N–H and O–H groups in total. The Morgan fingerprint density at radius 1 is 1.00 bits per heavy atom. The molecule has 0 aromatic heterocycles. The lowest BCUT2D eigenvalue weighted by atomic mass is 9.96. The number of hydrogen-bond acceptors (Lipinski definition) is 10. The number of benzene rings is 1. The van der Waals surface area contributed by atoms with E-state index in [4.69, 9.17) is 5.73 Å². The molecule has 212 valence electrons. The molecule has 4 rings (SSSR count). The third-order valence-electron chi connectivity index (χ3n) is 7.09. The minimum absolute atomic E-state index is 0.0191. The number of thioether (sulfide) groups is 2. The summed E-state index contributed by atoms with van der Waals surface area (Å²) in [7, 11) is 0. The zero-order chi connectivity index (χ0) is 29.0. The summed E-state index contributed by atoms with van der Waals surface area (Å²) in [4.78, 5) is 64.5. The minimum Gasteiger partial charge on any atom is -0.508 e. The molecule has 39 heavy (non-hydrogen) atoms. The van der Waals surface area contributed by atoms with Gasteiger partial charge in [-0.2, -0.15) is 0 Å². The first-order valence-corrected chi connectivity index (χ1v) is 13.9. The molecule has 13 nitrogen and oxygen atoms in total. The van der Waals surface area contributed by atoms with Gasteiger partial charge >= 0.3 is 11.9 Å². The number of phenols is 1. The van der Waals surface area contributed by atoms with Gasteiger partial charge in [-0.25, -0.2) is 4.79 Å². The lowest BCUT2D eigenvalue weighted by molar-refractivity contribution is -0.161. The molecule has 1 aromatic carbocycles. The van der Waals surface area contributed by atoms with Gasteiger partial charge < -0.3 is 36.6 Å². The van der Waals surface area contributed by atoms with Crippen LogP contribution in [0.25, 0.3) is 0 Å². The van der Waals surface area contributed by atoms with Gasteiger partial charge in [-0.3, -0.25) is 24.5 Å². The van der Waals surface area contributed by atoms with Gasteiger partial charge in [0.25, 0.3) is 0 Å². The van der Waals surface area contributed by atoms with Crippen molar-refractivity contribution in [1.82, 2.24) is 20.9 Å². The fraction of sp³-hybridized carbons (Fsp3) is 0.542. The Balaban J connectivity index is 1.55. The normalized spacial score (nSPS) is 30.0. The highest BCUT2D eigenvalue weighted by Gasteiger charge is 2.64. The molecule has 0 aliphatic carbocycles. The van der Waals surface area contributed by atoms with Crippen LogP contribution in [-0.2, 0) is 24.0 Å². The summed E-state index contributed by atoms with van der Waals surface area (Å²) < 4.78 is -1.64. The van der Waals surface area contributed by atoms with Crippen molar-refractivity contribution in [1.29, 1.82) is 0 Å². The lowest BCUT2D eigenvalue weighted by Crippen LogP contribution is -2.72. The standard InChI is InChI=1S/C24H31N5O8S2/c1-23(2)14(21(34)35)28-18(38-23)12(26-16(31)11(25)9-5-7-10(30)8-6-9)17(32)27-13-19(33)29-15(22(36)37)24(3,4)39-20(13)29/h5-8,11-15,18,20,28,30H,25H2,1-4H3,(H,26,31)(H,27,32)(H,34,35)(H,36,37)/t11?,12-,13-,14+,15+,18-,20-/m1/s1. The topological polar surface area (TPSA) is 211 Å². The molecule has 3 aliphatic rings. The molecule has 3 amide bonds. The summed E-state index contributed by atoms with van der Waals surface area (Å²) in [5.74, 6) is -4.33. The summed E-state index contributed by atoms with van der Waals surface area (Å²) in [5, 5.41) is 35.5. The number of hydrogen-bond donors (Lipinski definition) is 7. The van der Waals surface area contributed by atoms with Gasteiger partial charge in [0.05, 0.1) is 5.37 Å². The number of rotatable bonds is 8. The van der Waals surface area contributed by atoms with Gasteiger partial charge in [-0.15, -0.1) is 23.5 Å². The summed E-state index contributed by atoms with van der Waals surface area (Å²) >= 11 is 2.41. The van der Waals surface area contributed by atoms with E-state index in [-0.39, 0.29) is 5.75 Å². The van der Waals surface area contributed by atoms with E-state index >= 15 is 0 Å². The van der Waals surface area contributed by atoms with E-state index in [2.05, 4.69) is 16.0 Å². The zero-order valence-electron chi connectivity index (χ0n) is 21.6. The second kappa shape index (κ2) is 10.2. The van der Waals surface area contributed by atoms with Crippen molar-refractivity contribution in [2.24, 2.45) is 5.73 Å². The summed E-state index contributed by atoms with van der Waals surface area (Å²) in [5.41, 5.74) is 6.47. The van der Waals surface area contributed by atoms with Gasteiger partial charge in [-0.05, 0) is 45.4 Å². The van der Waals surface area contributed by atoms with Crippen molar-refractivity contribution >= 4 is 53.2 Å². The molecule has 1 aromatic rings. The highest BCUT2D eigenvalue weighted by molar-refractivity contribution is 8.02. The molecule has 3 aliphatic heterocycles. The fourth-order valence-corrected chi connectivity index (χ4v) is 8.19. The fourth-order valence-electron chi connectivity index (χ4n) is 5.07. The van der Waals surface area contributed by atoms with E-state index in [1.807, 2.05) is 0 Å². The number of carbonyl (C=O) groups is 5. The number of fused-ring (bicyclic) bond motifs is 1. The Morgan fingerprint density at radius 2 is 1.62 bits per heavy atom. The highest BCUT2D eigenvalue weighted by atomic mass is 32.2. The Bertz CT molecular complexity index is 1210. The first kappa shape index (κ1) is 29.0. The van der Waals surface area contributed by atoms with E-state index in [9.17, 15) is 39.3 Å². The van der Waals surface area contributed by atoms with Gasteiger partial charge in [-0.1, -0.05) is 12.1 Å². The second-order valence-corrected chi connectivity index (χ2v) is 14.3. The van der Waals surface area contributed by atoms with Crippen LogP contribution >= 0.6 is 23.5 Å². The van der Waals surface area contributed by atoms with Gasteiger partial charge in [0, 0.05) is 9.49 Å². The molecule has 0 spiro atoms. The van der Waals surface area contributed by atoms with Crippen LogP contribution < -0.4 is 21.7 Å². The number of nitrogens with zero attached hydrogens (tertiary/aromatic N) is 1. The van der Waals surface area contributed by atoms with Crippen molar-refractivity contribution in [2.45, 2.75) is 78.1 Å². The largest absolute Gasteiger partial charge is 0.508 e. The van der Waals surface area contributed by atoms with Crippen LogP contribution in [0.1, 0.15) is 39.3 Å². The van der Waals surface area contributed by atoms with Crippen molar-refractivity contribution in [3.05, 3.63) is 29.8 Å². The Labute approximate surface area is 232 Å². The molecule has 0 saturated carbocycles. The van der Waals surface area contributed by atoms with Gasteiger partial charge in [0.2, 0.25) is 17.7 Å². The SMILES string of the molecule is CC1(C)S[C@@H]2[C@H](NC(=O)[C@@H](NC(=O)C(N)c3ccc(O)cc3)[C@@H]3N[C@@H](C(=O)O)C(C)(C)S3)C(=O)N2[C@H]1C(=O)O. The number of nitrogens with two attached hydrogens (primary N) is 1. The van der Waals surface area contributed by atoms with E-state index in [0.29, 0.717) is 5.56 Å². The third-order valence-corrected chi connectivity index (χ3v) is 10.2. The maximum Gasteiger partial charge on any atom is 0.327 e. The first-order chi connectivity index (χ1) is 18.0. The Morgan fingerprint density at radius 3 is 2.15 bits per heavy atom. The maximum absolute atomic E-state index is 13.6. The van der Waals surface area contributed by atoms with Crippen LogP contribution in [0.3, 0.4) is 0 Å². The van der Waals surface area contributed by atoms with E-state index in [0.717, 1.165) is 11.8 Å².